The fourth-order valence-corrected chi connectivity index (χ4v) is 5.01. The van der Waals surface area contributed by atoms with Gasteiger partial charge in [-0.3, -0.25) is 9.59 Å². The number of thioether (sulfide) groups is 1. The van der Waals surface area contributed by atoms with Crippen molar-refractivity contribution >= 4 is 40.7 Å². The molecule has 1 aliphatic heterocycles. The maximum atomic E-state index is 12.9. The molecule has 0 unspecified atom stereocenters. The van der Waals surface area contributed by atoms with Gasteiger partial charge in [-0.25, -0.2) is 4.98 Å². The molecule has 0 saturated carbocycles. The lowest BCUT2D eigenvalue weighted by Gasteiger charge is -2.31. The minimum atomic E-state index is -0.275. The van der Waals surface area contributed by atoms with Crippen LogP contribution in [0.1, 0.15) is 31.5 Å². The molecule has 5 nitrogen and oxygen atoms in total. The van der Waals surface area contributed by atoms with E-state index in [1.807, 2.05) is 35.4 Å². The first kappa shape index (κ1) is 18.9. The maximum absolute atomic E-state index is 12.9. The molecule has 0 spiro atoms. The van der Waals surface area contributed by atoms with Gasteiger partial charge in [0.15, 0.2) is 4.34 Å². The molecule has 0 radical (unpaired) electrons. The molecule has 0 aliphatic carbocycles. The van der Waals surface area contributed by atoms with E-state index in [4.69, 9.17) is 4.74 Å². The number of esters is 1. The van der Waals surface area contributed by atoms with Crippen LogP contribution in [-0.2, 0) is 27.2 Å². The third kappa shape index (κ3) is 4.45. The van der Waals surface area contributed by atoms with Gasteiger partial charge < -0.3 is 9.64 Å². The number of para-hydroxylation sites is 1. The lowest BCUT2D eigenvalue weighted by Crippen LogP contribution is -2.40. The van der Waals surface area contributed by atoms with E-state index in [0.29, 0.717) is 12.3 Å². The van der Waals surface area contributed by atoms with Crippen molar-refractivity contribution < 1.29 is 14.3 Å². The molecule has 1 aliphatic rings. The van der Waals surface area contributed by atoms with Crippen LogP contribution in [0.2, 0.25) is 0 Å². The number of nitrogens with zero attached hydrogens (tertiary/aromatic N) is 2. The van der Waals surface area contributed by atoms with Crippen molar-refractivity contribution in [2.45, 2.75) is 42.7 Å². The van der Waals surface area contributed by atoms with Crippen molar-refractivity contribution in [3.8, 4) is 0 Å². The van der Waals surface area contributed by atoms with E-state index in [9.17, 15) is 9.59 Å². The van der Waals surface area contributed by atoms with Gasteiger partial charge >= 0.3 is 5.97 Å². The van der Waals surface area contributed by atoms with E-state index in [0.717, 1.165) is 29.4 Å². The highest BCUT2D eigenvalue weighted by atomic mass is 32.2. The summed E-state index contributed by atoms with van der Waals surface area (Å²) in [5.74, 6) is -0.173. The minimum Gasteiger partial charge on any atom is -0.466 e. The predicted octanol–water partition coefficient (Wildman–Crippen LogP) is 3.71. The molecule has 0 fully saturated rings. The van der Waals surface area contributed by atoms with Gasteiger partial charge in [-0.05, 0) is 38.3 Å². The average Bonchev–Trinajstić information content (AvgIpc) is 3.07. The monoisotopic (exact) mass is 390 g/mol. The van der Waals surface area contributed by atoms with Gasteiger partial charge in [0.25, 0.3) is 0 Å². The van der Waals surface area contributed by atoms with Crippen molar-refractivity contribution in [1.82, 2.24) is 4.98 Å². The van der Waals surface area contributed by atoms with Crippen LogP contribution in [-0.4, -0.2) is 35.3 Å². The molecule has 2 aromatic rings. The molecule has 1 aromatic heterocycles. The number of aryl methyl sites for hydroxylation is 1. The van der Waals surface area contributed by atoms with Gasteiger partial charge in [0, 0.05) is 17.6 Å². The van der Waals surface area contributed by atoms with Crippen molar-refractivity contribution in [2.24, 2.45) is 0 Å². The second-order valence-electron chi connectivity index (χ2n) is 6.07. The molecule has 0 bridgehead atoms. The number of amides is 1. The third-order valence-electron chi connectivity index (χ3n) is 4.16. The highest BCUT2D eigenvalue weighted by Gasteiger charge is 2.27. The fraction of sp³-hybridized carbons (Fsp3) is 0.421. The average molecular weight is 391 g/mol. The van der Waals surface area contributed by atoms with Gasteiger partial charge in [-0.15, -0.1) is 11.3 Å². The third-order valence-corrected chi connectivity index (χ3v) is 6.27. The molecule has 7 heteroatoms. The van der Waals surface area contributed by atoms with Crippen LogP contribution in [0.3, 0.4) is 0 Å². The summed E-state index contributed by atoms with van der Waals surface area (Å²) in [6.45, 7) is 4.82. The summed E-state index contributed by atoms with van der Waals surface area (Å²) in [7, 11) is 0. The SMILES string of the molecule is CCOC(=O)Cc1csc(S[C@H](C)C(=O)N2CCCc3ccccc32)n1. The van der Waals surface area contributed by atoms with E-state index in [1.165, 1.54) is 28.7 Å². The summed E-state index contributed by atoms with van der Waals surface area (Å²) < 4.78 is 5.75. The molecule has 0 saturated heterocycles. The predicted molar refractivity (Wildman–Crippen MR) is 105 cm³/mol. The van der Waals surface area contributed by atoms with Crippen molar-refractivity contribution in [2.75, 3.05) is 18.1 Å². The van der Waals surface area contributed by atoms with Gasteiger partial charge in [0.05, 0.1) is 24.0 Å². The number of anilines is 1. The normalized spacial score (nSPS) is 14.6. The lowest BCUT2D eigenvalue weighted by molar-refractivity contribution is -0.142. The first-order valence-corrected chi connectivity index (χ1v) is 10.5. The summed E-state index contributed by atoms with van der Waals surface area (Å²) in [6.07, 6.45) is 2.18. The molecular formula is C19H22N2O3S2. The number of aromatic nitrogens is 1. The van der Waals surface area contributed by atoms with E-state index in [2.05, 4.69) is 11.1 Å². The van der Waals surface area contributed by atoms with Crippen LogP contribution in [0.25, 0.3) is 0 Å². The van der Waals surface area contributed by atoms with Crippen LogP contribution in [0.4, 0.5) is 5.69 Å². The number of thiazole rings is 1. The van der Waals surface area contributed by atoms with Crippen LogP contribution < -0.4 is 4.90 Å². The fourth-order valence-electron chi connectivity index (χ4n) is 2.97. The molecule has 0 N–H and O–H groups in total. The molecule has 138 valence electrons. The van der Waals surface area contributed by atoms with Gasteiger partial charge in [-0.2, -0.15) is 0 Å². The Morgan fingerprint density at radius 2 is 2.19 bits per heavy atom. The smallest absolute Gasteiger partial charge is 0.311 e. The minimum absolute atomic E-state index is 0.101. The van der Waals surface area contributed by atoms with E-state index in [1.54, 1.807) is 6.92 Å². The summed E-state index contributed by atoms with van der Waals surface area (Å²) >= 11 is 2.91. The van der Waals surface area contributed by atoms with Crippen molar-refractivity contribution in [3.63, 3.8) is 0 Å². The molecule has 1 amide bonds. The zero-order valence-electron chi connectivity index (χ0n) is 14.9. The molecular weight excluding hydrogens is 368 g/mol. The second-order valence-corrected chi connectivity index (χ2v) is 8.51. The first-order valence-electron chi connectivity index (χ1n) is 8.74. The molecule has 26 heavy (non-hydrogen) atoms. The van der Waals surface area contributed by atoms with Crippen LogP contribution in [0.5, 0.6) is 0 Å². The van der Waals surface area contributed by atoms with Crippen LogP contribution >= 0.6 is 23.1 Å². The maximum Gasteiger partial charge on any atom is 0.311 e. The number of hydrogen-bond donors (Lipinski definition) is 0. The summed E-state index contributed by atoms with van der Waals surface area (Å²) in [5, 5.41) is 1.62. The topological polar surface area (TPSA) is 59.5 Å². The number of benzene rings is 1. The molecule has 2 heterocycles. The Hall–Kier alpha value is -1.86. The zero-order valence-corrected chi connectivity index (χ0v) is 16.6. The van der Waals surface area contributed by atoms with Gasteiger partial charge in [0.1, 0.15) is 0 Å². The number of fused-ring (bicyclic) bond motifs is 1. The number of carbonyl (C=O) groups is 2. The Kier molecular flexibility index (Phi) is 6.32. The number of carbonyl (C=O) groups excluding carboxylic acids is 2. The van der Waals surface area contributed by atoms with Gasteiger partial charge in [0.2, 0.25) is 5.91 Å². The van der Waals surface area contributed by atoms with E-state index >= 15 is 0 Å². The van der Waals surface area contributed by atoms with Crippen molar-refractivity contribution in [1.29, 1.82) is 0 Å². The number of rotatable bonds is 6. The molecule has 1 aromatic carbocycles. The Bertz CT molecular complexity index is 791. The first-order chi connectivity index (χ1) is 12.6. The standard InChI is InChI=1S/C19H22N2O3S2/c1-3-24-17(22)11-15-12-25-19(20-15)26-13(2)18(23)21-10-6-8-14-7-4-5-9-16(14)21/h4-5,7,9,12-13H,3,6,8,10-11H2,1-2H3/t13-/m1/s1. The second kappa shape index (κ2) is 8.68. The number of hydrogen-bond acceptors (Lipinski definition) is 6. The van der Waals surface area contributed by atoms with E-state index < -0.39 is 0 Å². The van der Waals surface area contributed by atoms with Gasteiger partial charge in [-0.1, -0.05) is 30.0 Å². The van der Waals surface area contributed by atoms with Crippen LogP contribution in [0.15, 0.2) is 34.0 Å². The highest BCUT2D eigenvalue weighted by Crippen LogP contribution is 2.32. The summed E-state index contributed by atoms with van der Waals surface area (Å²) in [5.41, 5.74) is 2.95. The summed E-state index contributed by atoms with van der Waals surface area (Å²) in [6, 6.07) is 8.11. The van der Waals surface area contributed by atoms with E-state index in [-0.39, 0.29) is 23.5 Å². The highest BCUT2D eigenvalue weighted by molar-refractivity contribution is 8.02. The molecule has 3 rings (SSSR count). The Morgan fingerprint density at radius 3 is 3.00 bits per heavy atom. The van der Waals surface area contributed by atoms with Crippen LogP contribution in [0, 0.1) is 0 Å². The number of ether oxygens (including phenoxy) is 1. The summed E-state index contributed by atoms with van der Waals surface area (Å²) in [4.78, 5) is 30.8. The largest absolute Gasteiger partial charge is 0.466 e. The zero-order chi connectivity index (χ0) is 18.5. The molecule has 1 atom stereocenters. The van der Waals surface area contributed by atoms with Crippen molar-refractivity contribution in [3.05, 3.63) is 40.9 Å². The quantitative estimate of drug-likeness (QED) is 0.556. The Labute approximate surface area is 161 Å². The lowest BCUT2D eigenvalue weighted by atomic mass is 10.0. The Morgan fingerprint density at radius 1 is 1.38 bits per heavy atom. The Balaban J connectivity index is 1.64.